The third kappa shape index (κ3) is 4.27. The third-order valence-electron chi connectivity index (χ3n) is 5.41. The van der Waals surface area contributed by atoms with Crippen LogP contribution in [0, 0.1) is 0 Å². The summed E-state index contributed by atoms with van der Waals surface area (Å²) in [7, 11) is 3.00. The lowest BCUT2D eigenvalue weighted by molar-refractivity contribution is -0.140. The standard InChI is InChI=1S/C25H21ClN2O5/c1-32-17-7-5-6-15(12-17)14-28-22(19-8-3-4-11-27-19)21(24(30)25(28)31)23(29)18-13-16(26)9-10-20(18)33-2/h3-13,22,29H,14H2,1-2H3/b23-21+. The number of hydrogen-bond donors (Lipinski definition) is 1. The van der Waals surface area contributed by atoms with Crippen molar-refractivity contribution in [3.63, 3.8) is 0 Å². The van der Waals surface area contributed by atoms with Crippen molar-refractivity contribution in [2.45, 2.75) is 12.6 Å². The van der Waals surface area contributed by atoms with E-state index >= 15 is 0 Å². The van der Waals surface area contributed by atoms with E-state index < -0.39 is 17.7 Å². The predicted molar refractivity (Wildman–Crippen MR) is 123 cm³/mol. The van der Waals surface area contributed by atoms with Crippen LogP contribution in [-0.2, 0) is 16.1 Å². The normalized spacial score (nSPS) is 17.3. The fraction of sp³-hybridized carbons (Fsp3) is 0.160. The number of ether oxygens (including phenoxy) is 2. The van der Waals surface area contributed by atoms with Gasteiger partial charge in [-0.15, -0.1) is 0 Å². The van der Waals surface area contributed by atoms with Crippen LogP contribution in [0.3, 0.4) is 0 Å². The number of aromatic nitrogens is 1. The number of Topliss-reactive ketones (excluding diaryl/α,β-unsaturated/α-hetero) is 1. The summed E-state index contributed by atoms with van der Waals surface area (Å²) in [6.45, 7) is 0.118. The first-order valence-electron chi connectivity index (χ1n) is 10.1. The van der Waals surface area contributed by atoms with E-state index in [0.29, 0.717) is 22.2 Å². The Morgan fingerprint density at radius 2 is 1.88 bits per heavy atom. The summed E-state index contributed by atoms with van der Waals surface area (Å²) in [5, 5.41) is 11.6. The molecule has 168 valence electrons. The Labute approximate surface area is 195 Å². The number of aliphatic hydroxyl groups is 1. The number of carbonyl (C=O) groups is 2. The summed E-state index contributed by atoms with van der Waals surface area (Å²) in [6, 6.07) is 16.2. The van der Waals surface area contributed by atoms with Crippen LogP contribution in [0.5, 0.6) is 11.5 Å². The van der Waals surface area contributed by atoms with Gasteiger partial charge in [-0.25, -0.2) is 0 Å². The molecule has 3 aromatic rings. The number of benzene rings is 2. The van der Waals surface area contributed by atoms with Gasteiger partial charge in [0.25, 0.3) is 11.7 Å². The van der Waals surface area contributed by atoms with Crippen molar-refractivity contribution < 1.29 is 24.2 Å². The van der Waals surface area contributed by atoms with Crippen LogP contribution in [0.2, 0.25) is 5.02 Å². The van der Waals surface area contributed by atoms with Crippen molar-refractivity contribution in [2.75, 3.05) is 14.2 Å². The van der Waals surface area contributed by atoms with Gasteiger partial charge in [0.15, 0.2) is 0 Å². The first-order valence-corrected chi connectivity index (χ1v) is 10.5. The molecule has 1 amide bonds. The Morgan fingerprint density at radius 1 is 1.06 bits per heavy atom. The second-order valence-corrected chi connectivity index (χ2v) is 7.81. The number of hydrogen-bond acceptors (Lipinski definition) is 6. The number of ketones is 1. The van der Waals surface area contributed by atoms with Gasteiger partial charge in [0.2, 0.25) is 0 Å². The molecule has 1 N–H and O–H groups in total. The second-order valence-electron chi connectivity index (χ2n) is 7.38. The number of carbonyl (C=O) groups excluding carboxylic acids is 2. The maximum absolute atomic E-state index is 13.2. The summed E-state index contributed by atoms with van der Waals surface area (Å²) in [4.78, 5) is 32.1. The Kier molecular flexibility index (Phi) is 6.33. The summed E-state index contributed by atoms with van der Waals surface area (Å²) in [6.07, 6.45) is 1.57. The van der Waals surface area contributed by atoms with Gasteiger partial charge in [0.1, 0.15) is 23.3 Å². The number of nitrogens with zero attached hydrogens (tertiary/aromatic N) is 2. The molecule has 0 saturated carbocycles. The molecule has 0 aliphatic carbocycles. The molecule has 1 aliphatic rings. The molecule has 1 atom stereocenters. The third-order valence-corrected chi connectivity index (χ3v) is 5.65. The number of likely N-dealkylation sites (tertiary alicyclic amines) is 1. The van der Waals surface area contributed by atoms with Crippen LogP contribution < -0.4 is 9.47 Å². The first kappa shape index (κ1) is 22.4. The summed E-state index contributed by atoms with van der Waals surface area (Å²) < 4.78 is 10.6. The molecule has 4 rings (SSSR count). The number of methoxy groups -OCH3 is 2. The molecule has 1 saturated heterocycles. The van der Waals surface area contributed by atoms with Crippen LogP contribution in [0.15, 0.2) is 72.4 Å². The van der Waals surface area contributed by atoms with E-state index in [-0.39, 0.29) is 23.4 Å². The zero-order valence-corrected chi connectivity index (χ0v) is 18.7. The molecule has 2 heterocycles. The van der Waals surface area contributed by atoms with E-state index in [1.54, 1.807) is 61.8 Å². The molecular weight excluding hydrogens is 444 g/mol. The fourth-order valence-corrected chi connectivity index (χ4v) is 4.04. The number of rotatable bonds is 6. The van der Waals surface area contributed by atoms with Gasteiger partial charge in [-0.1, -0.05) is 29.8 Å². The van der Waals surface area contributed by atoms with Gasteiger partial charge in [-0.3, -0.25) is 14.6 Å². The van der Waals surface area contributed by atoms with Gasteiger partial charge in [-0.2, -0.15) is 0 Å². The van der Waals surface area contributed by atoms with E-state index in [2.05, 4.69) is 4.98 Å². The number of amides is 1. The average Bonchev–Trinajstić information content (AvgIpc) is 3.09. The minimum atomic E-state index is -0.902. The highest BCUT2D eigenvalue weighted by Crippen LogP contribution is 2.41. The first-order chi connectivity index (χ1) is 15.9. The highest BCUT2D eigenvalue weighted by Gasteiger charge is 2.47. The van der Waals surface area contributed by atoms with Gasteiger partial charge in [0.05, 0.1) is 31.1 Å². The summed E-state index contributed by atoms with van der Waals surface area (Å²) >= 11 is 6.13. The molecule has 1 aliphatic heterocycles. The zero-order chi connectivity index (χ0) is 23.5. The van der Waals surface area contributed by atoms with Crippen molar-refractivity contribution >= 4 is 29.1 Å². The quantitative estimate of drug-likeness (QED) is 0.331. The van der Waals surface area contributed by atoms with E-state index in [1.807, 2.05) is 6.07 Å². The molecular formula is C25H21ClN2O5. The molecule has 0 radical (unpaired) electrons. The predicted octanol–water partition coefficient (Wildman–Crippen LogP) is 4.37. The molecule has 0 bridgehead atoms. The fourth-order valence-electron chi connectivity index (χ4n) is 3.87. The number of pyridine rings is 1. The SMILES string of the molecule is COc1cccc(CN2C(=O)C(=O)/C(=C(/O)c3cc(Cl)ccc3OC)C2c2ccccn2)c1. The molecule has 1 aromatic heterocycles. The second kappa shape index (κ2) is 9.34. The Morgan fingerprint density at radius 3 is 2.58 bits per heavy atom. The molecule has 33 heavy (non-hydrogen) atoms. The molecule has 1 fully saturated rings. The van der Waals surface area contributed by atoms with Crippen LogP contribution in [0.4, 0.5) is 0 Å². The smallest absolute Gasteiger partial charge is 0.296 e. The van der Waals surface area contributed by atoms with Gasteiger partial charge < -0.3 is 19.5 Å². The van der Waals surface area contributed by atoms with Crippen molar-refractivity contribution in [3.05, 3.63) is 94.3 Å². The van der Waals surface area contributed by atoms with Crippen molar-refractivity contribution in [1.82, 2.24) is 9.88 Å². The van der Waals surface area contributed by atoms with Gasteiger partial charge >= 0.3 is 0 Å². The monoisotopic (exact) mass is 464 g/mol. The van der Waals surface area contributed by atoms with Crippen LogP contribution in [-0.4, -0.2) is 40.9 Å². The zero-order valence-electron chi connectivity index (χ0n) is 18.0. The van der Waals surface area contributed by atoms with Crippen LogP contribution in [0.25, 0.3) is 5.76 Å². The summed E-state index contributed by atoms with van der Waals surface area (Å²) in [5.74, 6) is -0.988. The molecule has 0 spiro atoms. The van der Waals surface area contributed by atoms with Crippen molar-refractivity contribution in [3.8, 4) is 11.5 Å². The van der Waals surface area contributed by atoms with E-state index in [9.17, 15) is 14.7 Å². The molecule has 1 unspecified atom stereocenters. The summed E-state index contributed by atoms with van der Waals surface area (Å²) in [5.41, 5.74) is 1.34. The lowest BCUT2D eigenvalue weighted by Gasteiger charge is -2.25. The van der Waals surface area contributed by atoms with Crippen LogP contribution in [0.1, 0.15) is 22.9 Å². The lowest BCUT2D eigenvalue weighted by Crippen LogP contribution is -2.29. The lowest BCUT2D eigenvalue weighted by atomic mass is 9.97. The van der Waals surface area contributed by atoms with Crippen molar-refractivity contribution in [2.24, 2.45) is 0 Å². The molecule has 2 aromatic carbocycles. The average molecular weight is 465 g/mol. The van der Waals surface area contributed by atoms with E-state index in [0.717, 1.165) is 5.56 Å². The number of aliphatic hydroxyl groups excluding tert-OH is 1. The highest BCUT2D eigenvalue weighted by molar-refractivity contribution is 6.46. The van der Waals surface area contributed by atoms with E-state index in [4.69, 9.17) is 21.1 Å². The Balaban J connectivity index is 1.88. The molecule has 7 nitrogen and oxygen atoms in total. The minimum Gasteiger partial charge on any atom is -0.507 e. The largest absolute Gasteiger partial charge is 0.507 e. The molecule has 8 heteroatoms. The maximum Gasteiger partial charge on any atom is 0.296 e. The van der Waals surface area contributed by atoms with Crippen LogP contribution >= 0.6 is 11.6 Å². The van der Waals surface area contributed by atoms with Gasteiger partial charge in [-0.05, 0) is 48.0 Å². The topological polar surface area (TPSA) is 89.0 Å². The Hall–Kier alpha value is -3.84. The van der Waals surface area contributed by atoms with E-state index in [1.165, 1.54) is 18.1 Å². The van der Waals surface area contributed by atoms with Crippen molar-refractivity contribution in [1.29, 1.82) is 0 Å². The maximum atomic E-state index is 13.2. The van der Waals surface area contributed by atoms with Gasteiger partial charge in [0, 0.05) is 17.8 Å². The minimum absolute atomic E-state index is 0.0813. The highest BCUT2D eigenvalue weighted by atomic mass is 35.5. The Bertz CT molecular complexity index is 1240. The number of halogens is 1.